The third kappa shape index (κ3) is 2.78. The van der Waals surface area contributed by atoms with Gasteiger partial charge in [0.25, 0.3) is 0 Å². The molecule has 0 amide bonds. The molecule has 17 heavy (non-hydrogen) atoms. The zero-order valence-electron chi connectivity index (χ0n) is 10.9. The van der Waals surface area contributed by atoms with E-state index in [0.29, 0.717) is 0 Å². The summed E-state index contributed by atoms with van der Waals surface area (Å²) in [5, 5.41) is 9.11. The predicted molar refractivity (Wildman–Crippen MR) is 74.2 cm³/mol. The number of carbonyl (C=O) groups is 1. The van der Waals surface area contributed by atoms with Gasteiger partial charge >= 0.3 is 5.97 Å². The van der Waals surface area contributed by atoms with Crippen molar-refractivity contribution in [1.29, 1.82) is 0 Å². The first-order valence-corrected chi connectivity index (χ1v) is 9.23. The van der Waals surface area contributed by atoms with E-state index in [0.717, 1.165) is 24.8 Å². The molecule has 2 nitrogen and oxygen atoms in total. The van der Waals surface area contributed by atoms with Crippen molar-refractivity contribution in [1.82, 2.24) is 0 Å². The summed E-state index contributed by atoms with van der Waals surface area (Å²) in [5.74, 6) is -0.640. The zero-order valence-corrected chi connectivity index (χ0v) is 12.1. The van der Waals surface area contributed by atoms with Crippen molar-refractivity contribution in [3.05, 3.63) is 35.9 Å². The van der Waals surface area contributed by atoms with E-state index in [9.17, 15) is 9.90 Å². The molecule has 0 fully saturated rings. The van der Waals surface area contributed by atoms with Crippen LogP contribution in [0.4, 0.5) is 0 Å². The topological polar surface area (TPSA) is 37.3 Å². The SMILES string of the molecule is CCCCC(C(=O)O)(c1ccccc1)[SiH](C)C. The standard InChI is InChI=1S/C14H22O2Si/c1-4-5-11-14(13(15)16,17(2)3)12-9-7-6-8-10-12/h6-10,17H,4-5,11H2,1-3H3,(H,15,16). The number of carboxylic acids is 1. The van der Waals surface area contributed by atoms with Crippen molar-refractivity contribution < 1.29 is 9.90 Å². The van der Waals surface area contributed by atoms with E-state index in [1.54, 1.807) is 0 Å². The van der Waals surface area contributed by atoms with Crippen molar-refractivity contribution >= 4 is 14.8 Å². The maximum atomic E-state index is 11.8. The van der Waals surface area contributed by atoms with E-state index in [1.165, 1.54) is 0 Å². The molecule has 1 aromatic carbocycles. The van der Waals surface area contributed by atoms with Crippen molar-refractivity contribution in [2.75, 3.05) is 0 Å². The van der Waals surface area contributed by atoms with Crippen LogP contribution >= 0.6 is 0 Å². The van der Waals surface area contributed by atoms with E-state index >= 15 is 0 Å². The van der Waals surface area contributed by atoms with Crippen LogP contribution in [-0.4, -0.2) is 19.9 Å². The first-order valence-electron chi connectivity index (χ1n) is 6.34. The summed E-state index contributed by atoms with van der Waals surface area (Å²) < 4.78 is 0. The Labute approximate surface area is 105 Å². The Kier molecular flexibility index (Phi) is 4.94. The van der Waals surface area contributed by atoms with Crippen LogP contribution in [0, 0.1) is 0 Å². The van der Waals surface area contributed by atoms with Gasteiger partial charge in [0.2, 0.25) is 0 Å². The number of rotatable bonds is 6. The first kappa shape index (κ1) is 14.0. The highest BCUT2D eigenvalue weighted by molar-refractivity contribution is 6.63. The molecular formula is C14H22O2Si. The minimum atomic E-state index is -1.34. The Morgan fingerprint density at radius 1 is 1.29 bits per heavy atom. The molecule has 0 aliphatic rings. The Morgan fingerprint density at radius 2 is 1.88 bits per heavy atom. The lowest BCUT2D eigenvalue weighted by Crippen LogP contribution is -2.46. The largest absolute Gasteiger partial charge is 0.481 e. The summed E-state index contributed by atoms with van der Waals surface area (Å²) in [6.45, 7) is 6.38. The van der Waals surface area contributed by atoms with Crippen LogP contribution < -0.4 is 0 Å². The lowest BCUT2D eigenvalue weighted by molar-refractivity contribution is -0.141. The first-order chi connectivity index (χ1) is 8.05. The van der Waals surface area contributed by atoms with Crippen LogP contribution in [-0.2, 0) is 9.83 Å². The van der Waals surface area contributed by atoms with E-state index in [1.807, 2.05) is 30.3 Å². The van der Waals surface area contributed by atoms with E-state index in [2.05, 4.69) is 20.0 Å². The molecular weight excluding hydrogens is 228 g/mol. The Bertz CT molecular complexity index is 362. The van der Waals surface area contributed by atoms with Gasteiger partial charge in [-0.3, -0.25) is 4.79 Å². The third-order valence-electron chi connectivity index (χ3n) is 3.58. The van der Waals surface area contributed by atoms with E-state index in [-0.39, 0.29) is 0 Å². The average Bonchev–Trinajstić information content (AvgIpc) is 2.30. The van der Waals surface area contributed by atoms with Gasteiger partial charge in [0, 0.05) is 0 Å². The quantitative estimate of drug-likeness (QED) is 0.787. The van der Waals surface area contributed by atoms with Gasteiger partial charge in [-0.2, -0.15) is 0 Å². The van der Waals surface area contributed by atoms with Crippen LogP contribution in [0.15, 0.2) is 30.3 Å². The molecule has 0 aromatic heterocycles. The average molecular weight is 250 g/mol. The van der Waals surface area contributed by atoms with Gasteiger partial charge < -0.3 is 5.11 Å². The molecule has 1 atom stereocenters. The molecule has 0 heterocycles. The Hall–Kier alpha value is -1.09. The fourth-order valence-electron chi connectivity index (χ4n) is 2.43. The molecule has 0 bridgehead atoms. The molecule has 1 rings (SSSR count). The Balaban J connectivity index is 3.20. The smallest absolute Gasteiger partial charge is 0.310 e. The molecule has 3 heteroatoms. The van der Waals surface area contributed by atoms with Crippen molar-refractivity contribution in [2.24, 2.45) is 0 Å². The lowest BCUT2D eigenvalue weighted by atomic mass is 9.92. The molecule has 0 aliphatic heterocycles. The number of hydrogen-bond donors (Lipinski definition) is 1. The summed E-state index contributed by atoms with van der Waals surface area (Å²) in [6, 6.07) is 9.76. The van der Waals surface area contributed by atoms with Crippen LogP contribution in [0.2, 0.25) is 13.1 Å². The normalized spacial score (nSPS) is 14.6. The molecule has 94 valence electrons. The van der Waals surface area contributed by atoms with Gasteiger partial charge in [-0.15, -0.1) is 0 Å². The number of aliphatic carboxylic acids is 1. The van der Waals surface area contributed by atoms with Crippen LogP contribution in [0.3, 0.4) is 0 Å². The van der Waals surface area contributed by atoms with Crippen LogP contribution in [0.1, 0.15) is 31.7 Å². The van der Waals surface area contributed by atoms with E-state index in [4.69, 9.17) is 0 Å². The number of unbranched alkanes of at least 4 members (excludes halogenated alkanes) is 1. The summed E-state index contributed by atoms with van der Waals surface area (Å²) in [7, 11) is -1.34. The highest BCUT2D eigenvalue weighted by Crippen LogP contribution is 2.33. The minimum absolute atomic E-state index is 0.600. The molecule has 0 aliphatic carbocycles. The van der Waals surface area contributed by atoms with Crippen molar-refractivity contribution in [3.63, 3.8) is 0 Å². The highest BCUT2D eigenvalue weighted by Gasteiger charge is 2.42. The molecule has 0 spiro atoms. The summed E-state index contributed by atoms with van der Waals surface area (Å²) >= 11 is 0. The van der Waals surface area contributed by atoms with Crippen molar-refractivity contribution in [3.8, 4) is 0 Å². The highest BCUT2D eigenvalue weighted by atomic mass is 28.3. The summed E-state index contributed by atoms with van der Waals surface area (Å²) in [6.07, 6.45) is 2.79. The maximum Gasteiger partial charge on any atom is 0.310 e. The van der Waals surface area contributed by atoms with Crippen LogP contribution in [0.25, 0.3) is 0 Å². The van der Waals surface area contributed by atoms with E-state index < -0.39 is 19.8 Å². The van der Waals surface area contributed by atoms with Gasteiger partial charge in [0.05, 0.1) is 13.8 Å². The zero-order chi connectivity index (χ0) is 12.9. The maximum absolute atomic E-state index is 11.8. The van der Waals surface area contributed by atoms with Crippen molar-refractivity contribution in [2.45, 2.75) is 44.3 Å². The number of carboxylic acid groups (broad SMARTS) is 1. The Morgan fingerprint density at radius 3 is 2.29 bits per heavy atom. The number of hydrogen-bond acceptors (Lipinski definition) is 1. The second-order valence-electron chi connectivity index (χ2n) is 4.90. The fourth-order valence-corrected chi connectivity index (χ4v) is 4.57. The van der Waals surface area contributed by atoms with Gasteiger partial charge in [0.1, 0.15) is 0 Å². The van der Waals surface area contributed by atoms with Gasteiger partial charge in [-0.25, -0.2) is 0 Å². The molecule has 1 aromatic rings. The lowest BCUT2D eigenvalue weighted by Gasteiger charge is -2.33. The third-order valence-corrected chi connectivity index (χ3v) is 6.42. The predicted octanol–water partition coefficient (Wildman–Crippen LogP) is 3.23. The molecule has 0 saturated heterocycles. The molecule has 1 N–H and O–H groups in total. The van der Waals surface area contributed by atoms with Gasteiger partial charge in [-0.1, -0.05) is 63.2 Å². The number of benzene rings is 1. The van der Waals surface area contributed by atoms with Gasteiger partial charge in [-0.05, 0) is 12.0 Å². The fraction of sp³-hybridized carbons (Fsp3) is 0.500. The molecule has 1 unspecified atom stereocenters. The molecule has 0 saturated carbocycles. The second kappa shape index (κ2) is 6.01. The summed E-state index contributed by atoms with van der Waals surface area (Å²) in [5.41, 5.74) is 0.989. The second-order valence-corrected chi connectivity index (χ2v) is 8.20. The monoisotopic (exact) mass is 250 g/mol. The molecule has 0 radical (unpaired) electrons. The van der Waals surface area contributed by atoms with Gasteiger partial charge in [0.15, 0.2) is 0 Å². The van der Waals surface area contributed by atoms with Crippen LogP contribution in [0.5, 0.6) is 0 Å². The summed E-state index contributed by atoms with van der Waals surface area (Å²) in [4.78, 5) is 11.8. The minimum Gasteiger partial charge on any atom is -0.481 e.